The van der Waals surface area contributed by atoms with Crippen molar-refractivity contribution in [2.45, 2.75) is 13.0 Å². The Kier molecular flexibility index (Phi) is 5.74. The highest BCUT2D eigenvalue weighted by atomic mass is 16.5. The largest absolute Gasteiger partial charge is 0.507 e. The molecular weight excluding hydrogens is 426 g/mol. The van der Waals surface area contributed by atoms with Crippen LogP contribution in [0.3, 0.4) is 0 Å². The number of hydrogen-bond acceptors (Lipinski definition) is 7. The van der Waals surface area contributed by atoms with Crippen LogP contribution < -0.4 is 9.64 Å². The number of rotatable bonds is 5. The summed E-state index contributed by atoms with van der Waals surface area (Å²) in [6.07, 6.45) is 1.41. The van der Waals surface area contributed by atoms with Crippen LogP contribution in [0, 0.1) is 6.92 Å². The number of benzene rings is 2. The van der Waals surface area contributed by atoms with Crippen molar-refractivity contribution >= 4 is 29.1 Å². The molecule has 0 spiro atoms. The van der Waals surface area contributed by atoms with Gasteiger partial charge in [-0.1, -0.05) is 6.07 Å². The number of nitrogens with zero attached hydrogens (tertiary/aromatic N) is 1. The molecule has 1 aliphatic rings. The molecule has 3 aromatic rings. The molecule has 1 aliphatic heterocycles. The summed E-state index contributed by atoms with van der Waals surface area (Å²) < 4.78 is 15.6. The van der Waals surface area contributed by atoms with Crippen LogP contribution in [-0.4, -0.2) is 37.0 Å². The second kappa shape index (κ2) is 8.66. The van der Waals surface area contributed by atoms with Gasteiger partial charge in [-0.2, -0.15) is 0 Å². The van der Waals surface area contributed by atoms with Crippen LogP contribution in [0.2, 0.25) is 0 Å². The van der Waals surface area contributed by atoms with Crippen molar-refractivity contribution in [3.63, 3.8) is 0 Å². The third kappa shape index (κ3) is 3.76. The zero-order valence-electron chi connectivity index (χ0n) is 18.2. The minimum atomic E-state index is -1.03. The van der Waals surface area contributed by atoms with Crippen LogP contribution in [0.1, 0.15) is 33.3 Å². The number of ketones is 1. The van der Waals surface area contributed by atoms with Crippen molar-refractivity contribution in [1.29, 1.82) is 0 Å². The van der Waals surface area contributed by atoms with E-state index in [0.29, 0.717) is 11.3 Å². The highest BCUT2D eigenvalue weighted by Gasteiger charge is 2.48. The van der Waals surface area contributed by atoms with Crippen LogP contribution in [0.25, 0.3) is 5.76 Å². The maximum atomic E-state index is 13.1. The molecular formula is C25H21NO7. The lowest BCUT2D eigenvalue weighted by Gasteiger charge is -2.23. The number of hydrogen-bond donors (Lipinski definition) is 1. The summed E-state index contributed by atoms with van der Waals surface area (Å²) in [5, 5.41) is 11.1. The quantitative estimate of drug-likeness (QED) is 0.273. The van der Waals surface area contributed by atoms with Gasteiger partial charge in [0, 0.05) is 11.3 Å². The summed E-state index contributed by atoms with van der Waals surface area (Å²) in [7, 11) is 2.79. The summed E-state index contributed by atoms with van der Waals surface area (Å²) >= 11 is 0. The number of carbonyl (C=O) groups is 3. The van der Waals surface area contributed by atoms with E-state index in [1.807, 2.05) is 0 Å². The number of aryl methyl sites for hydroxylation is 1. The molecule has 168 valence electrons. The van der Waals surface area contributed by atoms with Gasteiger partial charge in [0.1, 0.15) is 23.3 Å². The van der Waals surface area contributed by atoms with E-state index in [4.69, 9.17) is 13.9 Å². The summed E-state index contributed by atoms with van der Waals surface area (Å²) in [6.45, 7) is 1.80. The first-order valence-corrected chi connectivity index (χ1v) is 10.0. The number of amides is 1. The predicted molar refractivity (Wildman–Crippen MR) is 119 cm³/mol. The Morgan fingerprint density at radius 2 is 1.82 bits per heavy atom. The first-order valence-electron chi connectivity index (χ1n) is 10.0. The Labute approximate surface area is 189 Å². The van der Waals surface area contributed by atoms with Gasteiger partial charge in [-0.15, -0.1) is 0 Å². The molecule has 1 N–H and O–H groups in total. The van der Waals surface area contributed by atoms with Gasteiger partial charge in [-0.25, -0.2) is 4.79 Å². The number of aliphatic hydroxyl groups is 1. The van der Waals surface area contributed by atoms with Gasteiger partial charge in [0.25, 0.3) is 11.7 Å². The summed E-state index contributed by atoms with van der Waals surface area (Å²) in [5.41, 5.74) is 1.47. The normalized spacial score (nSPS) is 17.3. The minimum Gasteiger partial charge on any atom is -0.507 e. The highest BCUT2D eigenvalue weighted by molar-refractivity contribution is 6.51. The fraction of sp³-hybridized carbons (Fsp3) is 0.160. The molecule has 1 fully saturated rings. The Balaban J connectivity index is 1.90. The fourth-order valence-electron chi connectivity index (χ4n) is 3.90. The van der Waals surface area contributed by atoms with Crippen molar-refractivity contribution in [2.24, 2.45) is 0 Å². The van der Waals surface area contributed by atoms with E-state index >= 15 is 0 Å². The van der Waals surface area contributed by atoms with Crippen LogP contribution >= 0.6 is 0 Å². The molecule has 4 rings (SSSR count). The van der Waals surface area contributed by atoms with E-state index in [9.17, 15) is 19.5 Å². The average Bonchev–Trinajstić information content (AvgIpc) is 3.45. The maximum absolute atomic E-state index is 13.1. The third-order valence-electron chi connectivity index (χ3n) is 5.47. The maximum Gasteiger partial charge on any atom is 0.337 e. The van der Waals surface area contributed by atoms with Crippen molar-refractivity contribution < 1.29 is 33.4 Å². The summed E-state index contributed by atoms with van der Waals surface area (Å²) in [4.78, 5) is 39.5. The van der Waals surface area contributed by atoms with Gasteiger partial charge >= 0.3 is 5.97 Å². The number of anilines is 1. The molecule has 0 saturated carbocycles. The average molecular weight is 447 g/mol. The van der Waals surface area contributed by atoms with E-state index < -0.39 is 23.7 Å². The Bertz CT molecular complexity index is 1270. The lowest BCUT2D eigenvalue weighted by molar-refractivity contribution is -0.132. The van der Waals surface area contributed by atoms with E-state index in [0.717, 1.165) is 5.56 Å². The Hall–Kier alpha value is -4.33. The van der Waals surface area contributed by atoms with Crippen LogP contribution in [0.4, 0.5) is 5.69 Å². The molecule has 0 aliphatic carbocycles. The van der Waals surface area contributed by atoms with E-state index in [1.165, 1.54) is 37.5 Å². The van der Waals surface area contributed by atoms with Crippen molar-refractivity contribution in [2.75, 3.05) is 19.1 Å². The fourth-order valence-corrected chi connectivity index (χ4v) is 3.90. The number of carbonyl (C=O) groups excluding carboxylic acids is 3. The molecule has 1 unspecified atom stereocenters. The second-order valence-corrected chi connectivity index (χ2v) is 7.41. The molecule has 1 aromatic heterocycles. The SMILES string of the molecule is COC(=O)c1cccc(N2C(=O)C(=O)/C(=C(\O)c3ccc(OC)c(C)c3)C2c2ccco2)c1. The first-order chi connectivity index (χ1) is 15.9. The van der Waals surface area contributed by atoms with Gasteiger partial charge < -0.3 is 19.0 Å². The Morgan fingerprint density at radius 3 is 2.45 bits per heavy atom. The van der Waals surface area contributed by atoms with E-state index in [-0.39, 0.29) is 28.3 Å². The predicted octanol–water partition coefficient (Wildman–Crippen LogP) is 4.01. The third-order valence-corrected chi connectivity index (χ3v) is 5.47. The molecule has 1 atom stereocenters. The number of aliphatic hydroxyl groups excluding tert-OH is 1. The second-order valence-electron chi connectivity index (χ2n) is 7.41. The molecule has 8 nitrogen and oxygen atoms in total. The molecule has 2 aromatic carbocycles. The van der Waals surface area contributed by atoms with Gasteiger partial charge in [-0.05, 0) is 61.0 Å². The number of ether oxygens (including phenoxy) is 2. The molecule has 1 saturated heterocycles. The van der Waals surface area contributed by atoms with Gasteiger partial charge in [0.2, 0.25) is 0 Å². The molecule has 8 heteroatoms. The lowest BCUT2D eigenvalue weighted by atomic mass is 9.98. The number of furan rings is 1. The smallest absolute Gasteiger partial charge is 0.337 e. The first kappa shape index (κ1) is 21.9. The standard InChI is InChI=1S/C25H21NO7/c1-14-12-15(9-10-18(14)31-2)22(27)20-21(19-8-5-11-33-19)26(24(29)23(20)28)17-7-4-6-16(13-17)25(30)32-3/h4-13,21,27H,1-3H3/b22-20-. The van der Waals surface area contributed by atoms with Crippen molar-refractivity contribution in [3.8, 4) is 5.75 Å². The molecule has 1 amide bonds. The zero-order valence-corrected chi connectivity index (χ0v) is 18.2. The molecule has 0 bridgehead atoms. The summed E-state index contributed by atoms with van der Waals surface area (Å²) in [5.74, 6) is -1.75. The molecule has 0 radical (unpaired) electrons. The number of methoxy groups -OCH3 is 2. The van der Waals surface area contributed by atoms with Crippen molar-refractivity contribution in [3.05, 3.63) is 88.9 Å². The number of Topliss-reactive ketones (excluding diaryl/α,β-unsaturated/α-hetero) is 1. The van der Waals surface area contributed by atoms with E-state index in [1.54, 1.807) is 49.4 Å². The van der Waals surface area contributed by atoms with Crippen molar-refractivity contribution in [1.82, 2.24) is 0 Å². The minimum absolute atomic E-state index is 0.122. The Morgan fingerprint density at radius 1 is 1.03 bits per heavy atom. The van der Waals surface area contributed by atoms with Gasteiger partial charge in [0.15, 0.2) is 0 Å². The highest BCUT2D eigenvalue weighted by Crippen LogP contribution is 2.42. The molecule has 2 heterocycles. The monoisotopic (exact) mass is 447 g/mol. The van der Waals surface area contributed by atoms with E-state index in [2.05, 4.69) is 0 Å². The number of esters is 1. The van der Waals surface area contributed by atoms with Crippen LogP contribution in [-0.2, 0) is 14.3 Å². The van der Waals surface area contributed by atoms with Gasteiger partial charge in [-0.3, -0.25) is 14.5 Å². The van der Waals surface area contributed by atoms with Crippen LogP contribution in [0.15, 0.2) is 70.9 Å². The van der Waals surface area contributed by atoms with Crippen LogP contribution in [0.5, 0.6) is 5.75 Å². The lowest BCUT2D eigenvalue weighted by Crippen LogP contribution is -2.29. The summed E-state index contributed by atoms with van der Waals surface area (Å²) in [6, 6.07) is 13.3. The topological polar surface area (TPSA) is 106 Å². The van der Waals surface area contributed by atoms with Gasteiger partial charge in [0.05, 0.1) is 31.6 Å². The zero-order chi connectivity index (χ0) is 23.7. The molecule has 33 heavy (non-hydrogen) atoms.